The molecule has 0 aliphatic rings. The Morgan fingerprint density at radius 3 is 2.76 bits per heavy atom. The molecular weight excluding hydrogens is 366 g/mol. The number of nitrogens with zero attached hydrogens (tertiary/aromatic N) is 1. The van der Waals surface area contributed by atoms with E-state index in [1.54, 1.807) is 24.3 Å². The Labute approximate surface area is 155 Å². The van der Waals surface area contributed by atoms with E-state index in [4.69, 9.17) is 26.7 Å². The molecule has 134 valence electrons. The van der Waals surface area contributed by atoms with Crippen molar-refractivity contribution in [3.05, 3.63) is 35.0 Å². The monoisotopic (exact) mass is 383 g/mol. The first kappa shape index (κ1) is 20.7. The lowest BCUT2D eigenvalue weighted by Gasteiger charge is -2.13. The van der Waals surface area contributed by atoms with Crippen LogP contribution in [0, 0.1) is 11.3 Å². The molecule has 1 atom stereocenters. The van der Waals surface area contributed by atoms with Crippen molar-refractivity contribution in [3.8, 4) is 11.8 Å². The van der Waals surface area contributed by atoms with E-state index in [1.165, 1.54) is 25.1 Å². The highest BCUT2D eigenvalue weighted by atomic mass is 35.5. The second kappa shape index (κ2) is 10.5. The lowest BCUT2D eigenvalue weighted by atomic mass is 10.2. The van der Waals surface area contributed by atoms with E-state index in [2.05, 4.69) is 10.6 Å². The molecule has 0 aliphatic heterocycles. The zero-order valence-corrected chi connectivity index (χ0v) is 15.3. The second-order valence-electron chi connectivity index (χ2n) is 4.81. The number of carboxylic acids is 1. The maximum atomic E-state index is 12.1. The highest BCUT2D eigenvalue weighted by molar-refractivity contribution is 7.98. The number of hydrogen-bond donors (Lipinski definition) is 3. The Morgan fingerprint density at radius 1 is 1.52 bits per heavy atom. The second-order valence-corrected chi connectivity index (χ2v) is 6.20. The van der Waals surface area contributed by atoms with Crippen LogP contribution < -0.4 is 15.4 Å². The molecule has 1 rings (SSSR count). The van der Waals surface area contributed by atoms with Crippen molar-refractivity contribution in [1.82, 2.24) is 5.32 Å². The van der Waals surface area contributed by atoms with E-state index in [9.17, 15) is 9.59 Å². The number of halogens is 1. The predicted molar refractivity (Wildman–Crippen MR) is 97.9 cm³/mol. The van der Waals surface area contributed by atoms with Gasteiger partial charge < -0.3 is 20.5 Å². The van der Waals surface area contributed by atoms with Crippen LogP contribution in [0.2, 0.25) is 5.02 Å². The summed E-state index contributed by atoms with van der Waals surface area (Å²) in [5, 5.41) is 23.7. The molecule has 7 nitrogen and oxygen atoms in total. The molecule has 0 aromatic heterocycles. The van der Waals surface area contributed by atoms with Gasteiger partial charge in [-0.2, -0.15) is 17.0 Å². The van der Waals surface area contributed by atoms with E-state index in [1.807, 2.05) is 6.26 Å². The molecule has 9 heteroatoms. The first-order valence-corrected chi connectivity index (χ1v) is 8.93. The highest BCUT2D eigenvalue weighted by Crippen LogP contribution is 2.27. The summed E-state index contributed by atoms with van der Waals surface area (Å²) in [7, 11) is 1.49. The molecule has 0 heterocycles. The Morgan fingerprint density at radius 2 is 2.24 bits per heavy atom. The normalized spacial score (nSPS) is 12.0. The number of benzene rings is 1. The topological polar surface area (TPSA) is 111 Å². The summed E-state index contributed by atoms with van der Waals surface area (Å²) in [6.07, 6.45) is 3.30. The molecule has 3 N–H and O–H groups in total. The lowest BCUT2D eigenvalue weighted by molar-refractivity contribution is -0.141. The standard InChI is InChI=1S/C16H18ClN3O4S/c1-24-14-4-3-11(7-12(14)17)19-9-10(8-18)15(21)20-13(16(22)23)5-6-25-2/h3-4,7,9,13,19H,5-6H2,1-2H3,(H,20,21)(H,22,23)/b10-9-. The fourth-order valence-electron chi connectivity index (χ4n) is 1.79. The van der Waals surface area contributed by atoms with Gasteiger partial charge in [0.1, 0.15) is 23.4 Å². The van der Waals surface area contributed by atoms with Crippen LogP contribution in [0.15, 0.2) is 30.0 Å². The van der Waals surface area contributed by atoms with Crippen LogP contribution in [0.4, 0.5) is 5.69 Å². The number of hydrogen-bond acceptors (Lipinski definition) is 6. The molecule has 0 spiro atoms. The summed E-state index contributed by atoms with van der Waals surface area (Å²) in [6, 6.07) is 5.55. The van der Waals surface area contributed by atoms with Gasteiger partial charge in [-0.25, -0.2) is 4.79 Å². The Kier molecular flexibility index (Phi) is 8.67. The van der Waals surface area contributed by atoms with Gasteiger partial charge in [-0.15, -0.1) is 0 Å². The van der Waals surface area contributed by atoms with Crippen LogP contribution in [-0.2, 0) is 9.59 Å². The number of carbonyl (C=O) groups excluding carboxylic acids is 1. The molecule has 1 unspecified atom stereocenters. The molecule has 1 amide bonds. The van der Waals surface area contributed by atoms with Crippen molar-refractivity contribution < 1.29 is 19.4 Å². The third-order valence-electron chi connectivity index (χ3n) is 3.11. The van der Waals surface area contributed by atoms with Crippen LogP contribution in [0.1, 0.15) is 6.42 Å². The van der Waals surface area contributed by atoms with Crippen molar-refractivity contribution in [2.45, 2.75) is 12.5 Å². The third kappa shape index (κ3) is 6.57. The zero-order chi connectivity index (χ0) is 18.8. The van der Waals surface area contributed by atoms with E-state index in [-0.39, 0.29) is 12.0 Å². The third-order valence-corrected chi connectivity index (χ3v) is 4.05. The van der Waals surface area contributed by atoms with Gasteiger partial charge in [0, 0.05) is 11.9 Å². The largest absolute Gasteiger partial charge is 0.495 e. The number of carboxylic acid groups (broad SMARTS) is 1. The maximum absolute atomic E-state index is 12.1. The molecule has 0 saturated heterocycles. The highest BCUT2D eigenvalue weighted by Gasteiger charge is 2.21. The van der Waals surface area contributed by atoms with Crippen molar-refractivity contribution in [1.29, 1.82) is 5.26 Å². The average Bonchev–Trinajstić information content (AvgIpc) is 2.59. The quantitative estimate of drug-likeness (QED) is 0.443. The fourth-order valence-corrected chi connectivity index (χ4v) is 2.52. The summed E-state index contributed by atoms with van der Waals surface area (Å²) in [6.45, 7) is 0. The van der Waals surface area contributed by atoms with Crippen LogP contribution in [0.25, 0.3) is 0 Å². The number of aliphatic carboxylic acids is 1. The summed E-state index contributed by atoms with van der Waals surface area (Å²) >= 11 is 7.47. The van der Waals surface area contributed by atoms with E-state index < -0.39 is 17.9 Å². The van der Waals surface area contributed by atoms with Gasteiger partial charge in [-0.1, -0.05) is 11.6 Å². The number of methoxy groups -OCH3 is 1. The molecule has 0 radical (unpaired) electrons. The molecule has 25 heavy (non-hydrogen) atoms. The number of rotatable bonds is 9. The number of carbonyl (C=O) groups is 2. The lowest BCUT2D eigenvalue weighted by Crippen LogP contribution is -2.41. The van der Waals surface area contributed by atoms with Crippen LogP contribution in [0.3, 0.4) is 0 Å². The number of anilines is 1. The van der Waals surface area contributed by atoms with E-state index >= 15 is 0 Å². The minimum atomic E-state index is -1.14. The minimum absolute atomic E-state index is 0.248. The molecule has 1 aromatic carbocycles. The van der Waals surface area contributed by atoms with Crippen molar-refractivity contribution in [2.24, 2.45) is 0 Å². The number of thioether (sulfide) groups is 1. The van der Waals surface area contributed by atoms with Gasteiger partial charge in [0.25, 0.3) is 5.91 Å². The zero-order valence-electron chi connectivity index (χ0n) is 13.7. The van der Waals surface area contributed by atoms with Gasteiger partial charge in [0.05, 0.1) is 12.1 Å². The maximum Gasteiger partial charge on any atom is 0.326 e. The molecule has 1 aromatic rings. The first-order valence-electron chi connectivity index (χ1n) is 7.15. The number of nitriles is 1. The van der Waals surface area contributed by atoms with E-state index in [0.717, 1.165) is 0 Å². The molecule has 0 aliphatic carbocycles. The van der Waals surface area contributed by atoms with Crippen molar-refractivity contribution in [3.63, 3.8) is 0 Å². The fraction of sp³-hybridized carbons (Fsp3) is 0.312. The van der Waals surface area contributed by atoms with Crippen LogP contribution in [-0.4, -0.2) is 42.1 Å². The van der Waals surface area contributed by atoms with Gasteiger partial charge >= 0.3 is 5.97 Å². The molecule has 0 saturated carbocycles. The summed E-state index contributed by atoms with van der Waals surface area (Å²) in [5.74, 6) is -0.837. The molecule has 0 fully saturated rings. The van der Waals surface area contributed by atoms with E-state index in [0.29, 0.717) is 22.2 Å². The number of ether oxygens (including phenoxy) is 1. The molecular formula is C16H18ClN3O4S. The van der Waals surface area contributed by atoms with Crippen LogP contribution in [0.5, 0.6) is 5.75 Å². The summed E-state index contributed by atoms with van der Waals surface area (Å²) in [5.41, 5.74) is 0.297. The van der Waals surface area contributed by atoms with Crippen molar-refractivity contribution >= 4 is 40.9 Å². The van der Waals surface area contributed by atoms with Crippen LogP contribution >= 0.6 is 23.4 Å². The summed E-state index contributed by atoms with van der Waals surface area (Å²) in [4.78, 5) is 23.2. The predicted octanol–water partition coefficient (Wildman–Crippen LogP) is 2.49. The minimum Gasteiger partial charge on any atom is -0.495 e. The number of amides is 1. The Hall–Kier alpha value is -2.37. The Balaban J connectivity index is 2.81. The molecule has 0 bridgehead atoms. The van der Waals surface area contributed by atoms with Crippen molar-refractivity contribution in [2.75, 3.05) is 24.4 Å². The van der Waals surface area contributed by atoms with Gasteiger partial charge in [-0.05, 0) is 36.6 Å². The first-order chi connectivity index (χ1) is 11.9. The number of nitrogens with one attached hydrogen (secondary N) is 2. The average molecular weight is 384 g/mol. The summed E-state index contributed by atoms with van der Waals surface area (Å²) < 4.78 is 5.03. The van der Waals surface area contributed by atoms with Gasteiger partial charge in [0.2, 0.25) is 0 Å². The SMILES string of the molecule is COc1ccc(N/C=C(/C#N)C(=O)NC(CCSC)C(=O)O)cc1Cl. The van der Waals surface area contributed by atoms with Gasteiger partial charge in [-0.3, -0.25) is 4.79 Å². The Bertz CT molecular complexity index is 703. The smallest absolute Gasteiger partial charge is 0.326 e. The van der Waals surface area contributed by atoms with Gasteiger partial charge in [0.15, 0.2) is 0 Å².